The molecule has 2 fully saturated rings. The highest BCUT2D eigenvalue weighted by molar-refractivity contribution is 8.07. The van der Waals surface area contributed by atoms with Crippen LogP contribution in [0.25, 0.3) is 44.1 Å². The SMILES string of the molecule is C.COc1ccc(-c2ccc3c(c2)c(C(C)=O)nn3CC(=O)N2CCC[C@H]2C(=O)Nc2cccc(C)n2)cn1.COc1ccc(-c2ccc3c(c2)c(C(C)=O)nn3CC(=O)O)cn1.Cc1cccc(NC(=O)[C@@H]2CCCN2)n1.Cl.S.S=S. The summed E-state index contributed by atoms with van der Waals surface area (Å²) in [6, 6.07) is 28.7. The Hall–Kier alpha value is -8.16. The number of hydrogen-bond acceptors (Lipinski definition) is 17. The molecule has 0 saturated carbocycles. The molecule has 2 aliphatic rings. The van der Waals surface area contributed by atoms with Crippen molar-refractivity contribution in [3.63, 3.8) is 0 Å². The van der Waals surface area contributed by atoms with E-state index in [1.807, 2.05) is 80.6 Å². The molecule has 6 aromatic heterocycles. The molecule has 0 spiro atoms. The van der Waals surface area contributed by atoms with Crippen LogP contribution >= 0.6 is 25.9 Å². The zero-order valence-corrected chi connectivity index (χ0v) is 48.6. The molecule has 8 heterocycles. The van der Waals surface area contributed by atoms with Gasteiger partial charge in [0.1, 0.15) is 42.2 Å². The minimum absolute atomic E-state index is 0. The Kier molecular flexibility index (Phi) is 25.2. The number of carbonyl (C=O) groups is 6. The molecule has 0 bridgehead atoms. The predicted octanol–water partition coefficient (Wildman–Crippen LogP) is 8.28. The molecule has 2 atom stereocenters. The Morgan fingerprint density at radius 1 is 0.659 bits per heavy atom. The van der Waals surface area contributed by atoms with Gasteiger partial charge >= 0.3 is 5.97 Å². The number of ether oxygens (including phenoxy) is 2. The number of aryl methyl sites for hydroxylation is 2. The smallest absolute Gasteiger partial charge is 0.325 e. The second kappa shape index (κ2) is 31.2. The number of ketones is 2. The second-order valence-corrected chi connectivity index (χ2v) is 18.4. The number of methoxy groups -OCH3 is 2. The van der Waals surface area contributed by atoms with Crippen molar-refractivity contribution < 1.29 is 43.3 Å². The first-order valence-corrected chi connectivity index (χ1v) is 26.4. The topological polar surface area (TPSA) is 268 Å². The zero-order valence-electron chi connectivity index (χ0n) is 45.2. The first-order valence-electron chi connectivity index (χ1n) is 25.0. The van der Waals surface area contributed by atoms with Crippen molar-refractivity contribution in [2.75, 3.05) is 37.9 Å². The molecule has 4 N–H and O–H groups in total. The molecule has 8 aromatic rings. The van der Waals surface area contributed by atoms with Crippen LogP contribution in [-0.2, 0) is 54.6 Å². The molecule has 0 unspecified atom stereocenters. The fourth-order valence-electron chi connectivity index (χ4n) is 9.06. The van der Waals surface area contributed by atoms with Gasteiger partial charge in [0.05, 0.1) is 31.3 Å². The average molecular weight is 1190 g/mol. The van der Waals surface area contributed by atoms with Gasteiger partial charge in [0.25, 0.3) is 0 Å². The monoisotopic (exact) mass is 1190 g/mol. The molecular formula is C57H65ClN12O9S3. The van der Waals surface area contributed by atoms with Gasteiger partial charge in [-0.3, -0.25) is 38.1 Å². The number of halogens is 1. The van der Waals surface area contributed by atoms with Gasteiger partial charge in [-0.25, -0.2) is 19.9 Å². The van der Waals surface area contributed by atoms with Gasteiger partial charge in [-0.05, 0) is 118 Å². The number of carboxylic acids is 1. The number of anilines is 2. The van der Waals surface area contributed by atoms with Gasteiger partial charge in [0.15, 0.2) is 11.6 Å². The highest BCUT2D eigenvalue weighted by Crippen LogP contribution is 2.30. The highest BCUT2D eigenvalue weighted by Gasteiger charge is 2.35. The van der Waals surface area contributed by atoms with Crippen LogP contribution in [0.15, 0.2) is 109 Å². The van der Waals surface area contributed by atoms with E-state index in [-0.39, 0.29) is 93.1 Å². The van der Waals surface area contributed by atoms with Gasteiger partial charge in [0, 0.05) is 101 Å². The Morgan fingerprint density at radius 2 is 1.13 bits per heavy atom. The second-order valence-electron chi connectivity index (χ2n) is 18.4. The van der Waals surface area contributed by atoms with Crippen LogP contribution in [0, 0.1) is 13.8 Å². The number of Topliss-reactive ketones (excluding diaryl/α,β-unsaturated/α-hetero) is 2. The number of hydrogen-bond donors (Lipinski definition) is 4. The molecule has 10 rings (SSSR count). The first-order chi connectivity index (χ1) is 38.1. The first kappa shape index (κ1) is 66.4. The van der Waals surface area contributed by atoms with Gasteiger partial charge in [-0.1, -0.05) is 31.7 Å². The van der Waals surface area contributed by atoms with Gasteiger partial charge in [-0.15, -0.1) is 12.4 Å². The molecule has 0 radical (unpaired) electrons. The molecule has 21 nitrogen and oxygen atoms in total. The summed E-state index contributed by atoms with van der Waals surface area (Å²) >= 11 is 7.33. The molecular weight excluding hydrogens is 1130 g/mol. The quantitative estimate of drug-likeness (QED) is 0.0746. The number of nitrogens with zero attached hydrogens (tertiary/aromatic N) is 9. The number of fused-ring (bicyclic) bond motifs is 2. The van der Waals surface area contributed by atoms with Gasteiger partial charge in [-0.2, -0.15) is 23.7 Å². The van der Waals surface area contributed by atoms with Crippen molar-refractivity contribution in [3.8, 4) is 34.0 Å². The van der Waals surface area contributed by atoms with Crippen LogP contribution in [0.2, 0.25) is 0 Å². The minimum atomic E-state index is -1.02. The van der Waals surface area contributed by atoms with E-state index in [4.69, 9.17) is 14.6 Å². The van der Waals surface area contributed by atoms with Crippen LogP contribution < -0.4 is 25.4 Å². The summed E-state index contributed by atoms with van der Waals surface area (Å²) in [5, 5.41) is 27.7. The fourth-order valence-corrected chi connectivity index (χ4v) is 9.06. The number of likely N-dealkylation sites (tertiary alicyclic amines) is 1. The number of pyridine rings is 4. The molecule has 0 aliphatic carbocycles. The number of benzene rings is 2. The number of rotatable bonds is 14. The molecule has 2 saturated heterocycles. The lowest BCUT2D eigenvalue weighted by atomic mass is 10.0. The third kappa shape index (κ3) is 16.7. The Bertz CT molecular complexity index is 3520. The number of aliphatic carboxylic acids is 1. The average Bonchev–Trinajstić information content (AvgIpc) is 4.36. The van der Waals surface area contributed by atoms with E-state index in [0.717, 1.165) is 59.4 Å². The third-order valence-corrected chi connectivity index (χ3v) is 12.8. The van der Waals surface area contributed by atoms with E-state index in [1.165, 1.54) is 18.5 Å². The van der Waals surface area contributed by atoms with Crippen LogP contribution in [0.3, 0.4) is 0 Å². The van der Waals surface area contributed by atoms with E-state index in [2.05, 4.69) is 68.5 Å². The molecule has 2 aliphatic heterocycles. The lowest BCUT2D eigenvalue weighted by Crippen LogP contribution is -2.44. The van der Waals surface area contributed by atoms with Crippen LogP contribution in [0.1, 0.15) is 79.3 Å². The lowest BCUT2D eigenvalue weighted by molar-refractivity contribution is -0.138. The Labute approximate surface area is 497 Å². The van der Waals surface area contributed by atoms with Crippen molar-refractivity contribution >= 4 is 117 Å². The van der Waals surface area contributed by atoms with Crippen molar-refractivity contribution in [2.24, 2.45) is 0 Å². The minimum Gasteiger partial charge on any atom is -0.481 e. The molecule has 82 heavy (non-hydrogen) atoms. The fraction of sp³-hybridized carbons (Fsp3) is 0.298. The lowest BCUT2D eigenvalue weighted by Gasteiger charge is -2.24. The van der Waals surface area contributed by atoms with Gasteiger partial charge in [0.2, 0.25) is 29.5 Å². The van der Waals surface area contributed by atoms with Crippen molar-refractivity contribution in [1.29, 1.82) is 0 Å². The molecule has 25 heteroatoms. The van der Waals surface area contributed by atoms with E-state index < -0.39 is 12.0 Å². The number of carbonyl (C=O) groups excluding carboxylic acids is 5. The highest BCUT2D eigenvalue weighted by atomic mass is 35.5. The third-order valence-electron chi connectivity index (χ3n) is 12.8. The summed E-state index contributed by atoms with van der Waals surface area (Å²) in [7, 11) is 3.10. The summed E-state index contributed by atoms with van der Waals surface area (Å²) in [6.45, 7) is 7.65. The number of nitrogens with one attached hydrogen (secondary N) is 3. The summed E-state index contributed by atoms with van der Waals surface area (Å²) < 4.78 is 13.0. The maximum Gasteiger partial charge on any atom is 0.325 e. The van der Waals surface area contributed by atoms with E-state index in [9.17, 15) is 28.8 Å². The van der Waals surface area contributed by atoms with Crippen molar-refractivity contribution in [2.45, 2.75) is 86.0 Å². The van der Waals surface area contributed by atoms with E-state index in [0.29, 0.717) is 58.2 Å². The van der Waals surface area contributed by atoms with Crippen molar-refractivity contribution in [1.82, 2.24) is 49.7 Å². The molecule has 2 aromatic carbocycles. The predicted molar refractivity (Wildman–Crippen MR) is 327 cm³/mol. The summed E-state index contributed by atoms with van der Waals surface area (Å²) in [5.41, 5.74) is 6.96. The normalized spacial score (nSPS) is 13.9. The maximum absolute atomic E-state index is 13.4. The Morgan fingerprint density at radius 3 is 1.55 bits per heavy atom. The largest absolute Gasteiger partial charge is 0.481 e. The standard InChI is InChI=1S/C28H28N6O4.C17H15N3O4.C11H15N3O.CH4.ClH.S2.H2S/c1-17-6-4-8-24(30-17)31-28(37)23-7-5-13-33(23)26(36)16-34-22-11-9-19(14-21(22)27(32-34)18(2)35)20-10-12-25(38-3)29-15-20;1-10(21)17-13-7-11(12-4-6-15(24-2)18-8-12)3-5-14(13)20(19-17)9-16(22)23;1-8-4-2-6-10(13-8)14-11(15)9-5-3-7-12-9;;;1-2;/h4,6,8-12,14-15,23H,5,7,13,16H2,1-3H3,(H,30,31,37);3-8H,9H2,1-2H3,(H,22,23);2,4,6,9,12H,3,5,7H2,1H3,(H,13,14,15);1H4;1H;;1H2/t23-;;9-;;;;/m0.0..../s1. The van der Waals surface area contributed by atoms with E-state index >= 15 is 0 Å². The van der Waals surface area contributed by atoms with Crippen LogP contribution in [0.5, 0.6) is 11.8 Å². The summed E-state index contributed by atoms with van der Waals surface area (Å²) in [4.78, 5) is 91.9. The van der Waals surface area contributed by atoms with E-state index in [1.54, 1.807) is 66.5 Å². The zero-order chi connectivity index (χ0) is 56.8. The summed E-state index contributed by atoms with van der Waals surface area (Å²) in [6.07, 6.45) is 6.66. The summed E-state index contributed by atoms with van der Waals surface area (Å²) in [5.74, 6) is 0.209. The maximum atomic E-state index is 13.4. The number of amides is 3. The molecule has 432 valence electrons. The number of carboxylic acid groups (broad SMARTS) is 1. The van der Waals surface area contributed by atoms with Crippen LogP contribution in [-0.4, -0.2) is 124 Å². The van der Waals surface area contributed by atoms with Crippen molar-refractivity contribution in [3.05, 3.63) is 132 Å². The Balaban J connectivity index is 0.000000281. The molecule has 3 amide bonds. The van der Waals surface area contributed by atoms with Gasteiger partial charge < -0.3 is 35.4 Å². The van der Waals surface area contributed by atoms with Crippen LogP contribution in [0.4, 0.5) is 11.6 Å². The number of aromatic nitrogens is 8.